The Balaban J connectivity index is 2.24. The summed E-state index contributed by atoms with van der Waals surface area (Å²) in [7, 11) is 0. The molecule has 0 fully saturated rings. The van der Waals surface area contributed by atoms with Crippen molar-refractivity contribution in [1.82, 2.24) is 0 Å². The van der Waals surface area contributed by atoms with Crippen LogP contribution >= 0.6 is 11.3 Å². The highest BCUT2D eigenvalue weighted by Crippen LogP contribution is 2.33. The third kappa shape index (κ3) is 2.25. The lowest BCUT2D eigenvalue weighted by Gasteiger charge is -2.08. The maximum absolute atomic E-state index is 10.9. The van der Waals surface area contributed by atoms with Crippen molar-refractivity contribution in [3.05, 3.63) is 59.5 Å². The summed E-state index contributed by atoms with van der Waals surface area (Å²) in [4.78, 5) is 12.1. The normalized spacial score (nSPS) is 10.7. The number of hydrogen-bond acceptors (Lipinski definition) is 2. The molecule has 2 nitrogen and oxygen atoms in total. The summed E-state index contributed by atoms with van der Waals surface area (Å²) in [5.41, 5.74) is 2.03. The highest BCUT2D eigenvalue weighted by Gasteiger charge is 2.09. The zero-order chi connectivity index (χ0) is 13.2. The lowest BCUT2D eigenvalue weighted by Crippen LogP contribution is -2.00. The second-order valence-corrected chi connectivity index (χ2v) is 5.31. The smallest absolute Gasteiger partial charge is 0.307 e. The number of fused-ring (bicyclic) bond motifs is 1. The van der Waals surface area contributed by atoms with E-state index in [1.807, 2.05) is 30.3 Å². The summed E-state index contributed by atoms with van der Waals surface area (Å²) in [6.45, 7) is 0. The number of benzene rings is 2. The van der Waals surface area contributed by atoms with Crippen molar-refractivity contribution in [2.75, 3.05) is 0 Å². The predicted molar refractivity (Wildman–Crippen MR) is 78.6 cm³/mol. The van der Waals surface area contributed by atoms with Gasteiger partial charge in [-0.05, 0) is 33.3 Å². The van der Waals surface area contributed by atoms with Crippen molar-refractivity contribution >= 4 is 28.1 Å². The Morgan fingerprint density at radius 1 is 1.00 bits per heavy atom. The summed E-state index contributed by atoms with van der Waals surface area (Å²) < 4.78 is 0. The second-order valence-electron chi connectivity index (χ2n) is 4.37. The number of carbonyl (C=O) groups is 1. The first-order valence-corrected chi connectivity index (χ1v) is 6.90. The third-order valence-corrected chi connectivity index (χ3v) is 4.04. The predicted octanol–water partition coefficient (Wildman–Crippen LogP) is 4.20. The SMILES string of the molecule is O=C(O)Cc1cccc2c(-c3cccs3)cccc12. The molecule has 3 aromatic rings. The second kappa shape index (κ2) is 4.86. The van der Waals surface area contributed by atoms with Gasteiger partial charge in [-0.25, -0.2) is 0 Å². The van der Waals surface area contributed by atoms with Gasteiger partial charge in [0.1, 0.15) is 0 Å². The van der Waals surface area contributed by atoms with Gasteiger partial charge in [0.15, 0.2) is 0 Å². The van der Waals surface area contributed by atoms with Crippen molar-refractivity contribution in [1.29, 1.82) is 0 Å². The molecular weight excluding hydrogens is 256 g/mol. The molecule has 0 unspecified atom stereocenters. The number of rotatable bonds is 3. The number of aliphatic carboxylic acids is 1. The van der Waals surface area contributed by atoms with Gasteiger partial charge >= 0.3 is 5.97 Å². The Kier molecular flexibility index (Phi) is 3.05. The van der Waals surface area contributed by atoms with Crippen molar-refractivity contribution in [3.63, 3.8) is 0 Å². The minimum absolute atomic E-state index is 0.0607. The van der Waals surface area contributed by atoms with Crippen LogP contribution in [0.5, 0.6) is 0 Å². The van der Waals surface area contributed by atoms with Crippen LogP contribution in [0.1, 0.15) is 5.56 Å². The van der Waals surface area contributed by atoms with E-state index in [1.165, 1.54) is 10.4 Å². The molecule has 2 aromatic carbocycles. The average Bonchev–Trinajstić information content (AvgIpc) is 2.91. The van der Waals surface area contributed by atoms with E-state index in [4.69, 9.17) is 5.11 Å². The first-order chi connectivity index (χ1) is 9.25. The fourth-order valence-corrected chi connectivity index (χ4v) is 3.10. The molecule has 3 heteroatoms. The standard InChI is InChI=1S/C16H12O2S/c17-16(18)10-11-4-1-6-13-12(11)5-2-7-14(13)15-8-3-9-19-15/h1-9H,10H2,(H,17,18). The molecule has 1 heterocycles. The van der Waals surface area contributed by atoms with Crippen molar-refractivity contribution in [2.24, 2.45) is 0 Å². The van der Waals surface area contributed by atoms with Crippen molar-refractivity contribution < 1.29 is 9.90 Å². The van der Waals surface area contributed by atoms with E-state index in [9.17, 15) is 4.79 Å². The van der Waals surface area contributed by atoms with E-state index in [2.05, 4.69) is 23.6 Å². The zero-order valence-corrected chi connectivity index (χ0v) is 11.0. The molecule has 0 aliphatic rings. The number of carboxylic acids is 1. The minimum atomic E-state index is -0.797. The Labute approximate surface area is 114 Å². The molecule has 0 amide bonds. The fraction of sp³-hybridized carbons (Fsp3) is 0.0625. The lowest BCUT2D eigenvalue weighted by molar-refractivity contribution is -0.136. The van der Waals surface area contributed by atoms with Crippen molar-refractivity contribution in [3.8, 4) is 10.4 Å². The van der Waals surface area contributed by atoms with Gasteiger partial charge in [-0.2, -0.15) is 0 Å². The average molecular weight is 268 g/mol. The topological polar surface area (TPSA) is 37.3 Å². The molecule has 94 valence electrons. The molecule has 0 saturated carbocycles. The molecule has 0 aliphatic heterocycles. The number of hydrogen-bond donors (Lipinski definition) is 1. The fourth-order valence-electron chi connectivity index (χ4n) is 2.34. The number of thiophene rings is 1. The maximum atomic E-state index is 10.9. The van der Waals surface area contributed by atoms with Gasteiger partial charge in [-0.1, -0.05) is 42.5 Å². The lowest BCUT2D eigenvalue weighted by atomic mass is 9.98. The molecule has 3 rings (SSSR count). The molecule has 0 radical (unpaired) electrons. The number of carboxylic acid groups (broad SMARTS) is 1. The zero-order valence-electron chi connectivity index (χ0n) is 10.2. The monoisotopic (exact) mass is 268 g/mol. The van der Waals surface area contributed by atoms with Gasteiger partial charge < -0.3 is 5.11 Å². The Morgan fingerprint density at radius 3 is 2.53 bits per heavy atom. The molecule has 0 atom stereocenters. The van der Waals surface area contributed by atoms with Crippen LogP contribution in [0.15, 0.2) is 53.9 Å². The molecule has 19 heavy (non-hydrogen) atoms. The Hall–Kier alpha value is -2.13. The summed E-state index contributed by atoms with van der Waals surface area (Å²) >= 11 is 1.69. The molecule has 1 aromatic heterocycles. The molecule has 1 N–H and O–H groups in total. The molecular formula is C16H12O2S. The summed E-state index contributed by atoms with van der Waals surface area (Å²) in [5.74, 6) is -0.797. The molecule has 0 bridgehead atoms. The third-order valence-electron chi connectivity index (χ3n) is 3.14. The highest BCUT2D eigenvalue weighted by atomic mass is 32.1. The highest BCUT2D eigenvalue weighted by molar-refractivity contribution is 7.13. The van der Waals surface area contributed by atoms with Crippen LogP contribution in [0.25, 0.3) is 21.2 Å². The first-order valence-electron chi connectivity index (χ1n) is 6.02. The van der Waals surface area contributed by atoms with Gasteiger partial charge in [0.05, 0.1) is 6.42 Å². The van der Waals surface area contributed by atoms with Crippen LogP contribution < -0.4 is 0 Å². The van der Waals surface area contributed by atoms with Gasteiger partial charge in [0.25, 0.3) is 0 Å². The molecule has 0 spiro atoms. The van der Waals surface area contributed by atoms with Crippen LogP contribution in [-0.2, 0) is 11.2 Å². The van der Waals surface area contributed by atoms with Crippen LogP contribution in [0.2, 0.25) is 0 Å². The summed E-state index contributed by atoms with van der Waals surface area (Å²) in [6, 6.07) is 16.0. The Morgan fingerprint density at radius 2 is 1.79 bits per heavy atom. The van der Waals surface area contributed by atoms with Crippen molar-refractivity contribution in [2.45, 2.75) is 6.42 Å². The minimum Gasteiger partial charge on any atom is -0.481 e. The van der Waals surface area contributed by atoms with E-state index in [-0.39, 0.29) is 6.42 Å². The van der Waals surface area contributed by atoms with E-state index < -0.39 is 5.97 Å². The maximum Gasteiger partial charge on any atom is 0.307 e. The summed E-state index contributed by atoms with van der Waals surface area (Å²) in [5, 5.41) is 13.2. The largest absolute Gasteiger partial charge is 0.481 e. The van der Waals surface area contributed by atoms with Gasteiger partial charge in [-0.15, -0.1) is 11.3 Å². The van der Waals surface area contributed by atoms with E-state index in [0.29, 0.717) is 0 Å². The van der Waals surface area contributed by atoms with Gasteiger partial charge in [0, 0.05) is 4.88 Å². The van der Waals surface area contributed by atoms with Gasteiger partial charge in [-0.3, -0.25) is 4.79 Å². The quantitative estimate of drug-likeness (QED) is 0.773. The van der Waals surface area contributed by atoms with E-state index in [1.54, 1.807) is 11.3 Å². The van der Waals surface area contributed by atoms with E-state index >= 15 is 0 Å². The first kappa shape index (κ1) is 11.9. The van der Waals surface area contributed by atoms with Crippen LogP contribution in [0.4, 0.5) is 0 Å². The van der Waals surface area contributed by atoms with E-state index in [0.717, 1.165) is 16.3 Å². The molecule has 0 aliphatic carbocycles. The summed E-state index contributed by atoms with van der Waals surface area (Å²) in [6.07, 6.45) is 0.0607. The van der Waals surface area contributed by atoms with Crippen LogP contribution in [0, 0.1) is 0 Å². The molecule has 0 saturated heterocycles. The Bertz CT molecular complexity index is 730. The van der Waals surface area contributed by atoms with Gasteiger partial charge in [0.2, 0.25) is 0 Å². The van der Waals surface area contributed by atoms with Crippen LogP contribution in [-0.4, -0.2) is 11.1 Å². The van der Waals surface area contributed by atoms with Crippen LogP contribution in [0.3, 0.4) is 0 Å².